The summed E-state index contributed by atoms with van der Waals surface area (Å²) in [5, 5.41) is 5.07. The van der Waals surface area contributed by atoms with Crippen LogP contribution in [0.25, 0.3) is 10.8 Å². The van der Waals surface area contributed by atoms with Gasteiger partial charge in [-0.25, -0.2) is 0 Å². The number of rotatable bonds is 10. The first-order valence-electron chi connectivity index (χ1n) is 13.2. The summed E-state index contributed by atoms with van der Waals surface area (Å²) in [5.74, 6) is -0.210. The fourth-order valence-corrected chi connectivity index (χ4v) is 5.08. The van der Waals surface area contributed by atoms with Crippen molar-refractivity contribution in [2.75, 3.05) is 18.0 Å². The summed E-state index contributed by atoms with van der Waals surface area (Å²) in [6.45, 7) is 8.69. The molecule has 1 aliphatic rings. The largest absolute Gasteiger partial charge is 0.350 e. The third-order valence-corrected chi connectivity index (χ3v) is 6.79. The van der Waals surface area contributed by atoms with Crippen LogP contribution in [0.2, 0.25) is 0 Å². The van der Waals surface area contributed by atoms with E-state index in [2.05, 4.69) is 5.32 Å². The van der Waals surface area contributed by atoms with Crippen molar-refractivity contribution in [2.24, 2.45) is 0 Å². The molecule has 3 aromatic carbocycles. The summed E-state index contributed by atoms with van der Waals surface area (Å²) in [5.41, 5.74) is 2.36. The molecule has 1 aliphatic heterocycles. The van der Waals surface area contributed by atoms with Gasteiger partial charge in [0, 0.05) is 36.0 Å². The molecule has 0 saturated heterocycles. The molecule has 4 rings (SSSR count). The van der Waals surface area contributed by atoms with Crippen LogP contribution in [0, 0.1) is 0 Å². The smallest absolute Gasteiger partial charge is 0.258 e. The molecule has 1 N–H and O–H groups in total. The summed E-state index contributed by atoms with van der Waals surface area (Å²) in [6.07, 6.45) is 2.00. The molecule has 1 heterocycles. The molecule has 194 valence electrons. The molecule has 6 nitrogen and oxygen atoms in total. The molecule has 0 unspecified atom stereocenters. The second-order valence-electron chi connectivity index (χ2n) is 10.7. The van der Waals surface area contributed by atoms with Crippen molar-refractivity contribution in [1.29, 1.82) is 0 Å². The summed E-state index contributed by atoms with van der Waals surface area (Å²) in [4.78, 5) is 43.3. The average Bonchev–Trinajstić information content (AvgIpc) is 3.14. The van der Waals surface area contributed by atoms with Gasteiger partial charge in [-0.1, -0.05) is 61.5 Å². The van der Waals surface area contributed by atoms with Gasteiger partial charge in [0.05, 0.1) is 5.69 Å². The zero-order valence-corrected chi connectivity index (χ0v) is 22.3. The molecule has 1 atom stereocenters. The van der Waals surface area contributed by atoms with Gasteiger partial charge >= 0.3 is 0 Å². The third-order valence-electron chi connectivity index (χ3n) is 6.79. The van der Waals surface area contributed by atoms with Crippen LogP contribution in [-0.2, 0) is 16.0 Å². The van der Waals surface area contributed by atoms with Crippen LogP contribution < -0.4 is 10.2 Å². The molecule has 0 spiro atoms. The second-order valence-corrected chi connectivity index (χ2v) is 10.7. The molecule has 3 aromatic rings. The maximum absolute atomic E-state index is 13.5. The van der Waals surface area contributed by atoms with Crippen molar-refractivity contribution in [3.8, 4) is 0 Å². The Hall–Kier alpha value is -3.67. The van der Waals surface area contributed by atoms with Gasteiger partial charge in [0.1, 0.15) is 6.04 Å². The summed E-state index contributed by atoms with van der Waals surface area (Å²) >= 11 is 0. The lowest BCUT2D eigenvalue weighted by Gasteiger charge is -2.33. The Balaban J connectivity index is 1.46. The Kier molecular flexibility index (Phi) is 7.96. The fraction of sp³-hybridized carbons (Fsp3) is 0.387. The van der Waals surface area contributed by atoms with E-state index in [0.717, 1.165) is 22.0 Å². The van der Waals surface area contributed by atoms with E-state index < -0.39 is 6.04 Å². The number of nitrogens with one attached hydrogen (secondary N) is 1. The molecule has 6 heteroatoms. The van der Waals surface area contributed by atoms with Crippen LogP contribution in [-0.4, -0.2) is 47.3 Å². The van der Waals surface area contributed by atoms with Crippen molar-refractivity contribution in [2.45, 2.75) is 65.0 Å². The highest BCUT2D eigenvalue weighted by molar-refractivity contribution is 6.25. The predicted octanol–water partition coefficient (Wildman–Crippen LogP) is 5.34. The van der Waals surface area contributed by atoms with E-state index in [-0.39, 0.29) is 29.7 Å². The third kappa shape index (κ3) is 6.01. The number of hydrogen-bond donors (Lipinski definition) is 1. The van der Waals surface area contributed by atoms with Gasteiger partial charge in [0.15, 0.2) is 0 Å². The number of anilines is 1. The molecule has 3 amide bonds. The van der Waals surface area contributed by atoms with Crippen molar-refractivity contribution < 1.29 is 14.4 Å². The van der Waals surface area contributed by atoms with Crippen LogP contribution in [0.1, 0.15) is 62.9 Å². The van der Waals surface area contributed by atoms with Crippen molar-refractivity contribution in [3.63, 3.8) is 0 Å². The molecular weight excluding hydrogens is 462 g/mol. The molecule has 0 fully saturated rings. The summed E-state index contributed by atoms with van der Waals surface area (Å²) < 4.78 is 0. The predicted molar refractivity (Wildman–Crippen MR) is 149 cm³/mol. The van der Waals surface area contributed by atoms with Crippen LogP contribution in [0.3, 0.4) is 0 Å². The number of carbonyl (C=O) groups excluding carboxylic acids is 3. The first-order valence-corrected chi connectivity index (χ1v) is 13.2. The molecular formula is C31H37N3O3. The minimum absolute atomic E-state index is 0.0174. The van der Waals surface area contributed by atoms with Crippen molar-refractivity contribution in [3.05, 3.63) is 77.9 Å². The number of nitrogens with zero attached hydrogens (tertiary/aromatic N) is 2. The summed E-state index contributed by atoms with van der Waals surface area (Å²) in [6, 6.07) is 21.2. The Morgan fingerprint density at radius 2 is 1.68 bits per heavy atom. The lowest BCUT2D eigenvalue weighted by Crippen LogP contribution is -2.54. The van der Waals surface area contributed by atoms with Gasteiger partial charge in [-0.15, -0.1) is 0 Å². The normalized spacial score (nSPS) is 13.6. The van der Waals surface area contributed by atoms with Gasteiger partial charge in [0.25, 0.3) is 5.91 Å². The van der Waals surface area contributed by atoms with Crippen molar-refractivity contribution >= 4 is 34.2 Å². The SMILES string of the molecule is CC[C@@H](C(=O)NC(C)(C)C)N(CCc1ccccc1)C(=O)CCCN1C(=O)c2cccc3cccc1c23. The van der Waals surface area contributed by atoms with E-state index in [1.54, 1.807) is 9.80 Å². The Morgan fingerprint density at radius 1 is 0.973 bits per heavy atom. The number of carbonyl (C=O) groups is 3. The van der Waals surface area contributed by atoms with Crippen LogP contribution >= 0.6 is 0 Å². The Morgan fingerprint density at radius 3 is 2.35 bits per heavy atom. The van der Waals surface area contributed by atoms with Crippen LogP contribution in [0.5, 0.6) is 0 Å². The maximum atomic E-state index is 13.5. The number of benzene rings is 3. The zero-order valence-electron chi connectivity index (χ0n) is 22.3. The first kappa shape index (κ1) is 26.4. The second kappa shape index (κ2) is 11.2. The quantitative estimate of drug-likeness (QED) is 0.409. The molecule has 37 heavy (non-hydrogen) atoms. The molecule has 0 saturated carbocycles. The Bertz CT molecular complexity index is 1270. The highest BCUT2D eigenvalue weighted by Gasteiger charge is 2.32. The van der Waals surface area contributed by atoms with E-state index in [0.29, 0.717) is 37.9 Å². The lowest BCUT2D eigenvalue weighted by atomic mass is 10.0. The average molecular weight is 500 g/mol. The number of hydrogen-bond acceptors (Lipinski definition) is 3. The van der Waals surface area contributed by atoms with Crippen LogP contribution in [0.15, 0.2) is 66.7 Å². The van der Waals surface area contributed by atoms with Gasteiger partial charge < -0.3 is 15.1 Å². The first-order chi connectivity index (χ1) is 17.7. The number of amides is 3. The van der Waals surface area contributed by atoms with E-state index in [4.69, 9.17) is 0 Å². The fourth-order valence-electron chi connectivity index (χ4n) is 5.08. The van der Waals surface area contributed by atoms with E-state index in [1.807, 2.05) is 94.4 Å². The zero-order chi connectivity index (χ0) is 26.6. The van der Waals surface area contributed by atoms with Crippen LogP contribution in [0.4, 0.5) is 5.69 Å². The van der Waals surface area contributed by atoms with Gasteiger partial charge in [-0.2, -0.15) is 0 Å². The summed E-state index contributed by atoms with van der Waals surface area (Å²) in [7, 11) is 0. The van der Waals surface area contributed by atoms with E-state index >= 15 is 0 Å². The van der Waals surface area contributed by atoms with E-state index in [9.17, 15) is 14.4 Å². The molecule has 0 bridgehead atoms. The standard InChI is InChI=1S/C31H37N3O3/c1-5-25(29(36)32-31(2,3)4)33(21-19-22-12-7-6-8-13-22)27(35)18-11-20-34-26-17-10-15-23-14-9-16-24(28(23)26)30(34)37/h6-10,12-17,25H,5,11,18-21H2,1-4H3,(H,32,36)/t25-/m0/s1. The van der Waals surface area contributed by atoms with Gasteiger partial charge in [-0.05, 0) is 63.1 Å². The monoisotopic (exact) mass is 499 g/mol. The highest BCUT2D eigenvalue weighted by atomic mass is 16.2. The maximum Gasteiger partial charge on any atom is 0.258 e. The minimum Gasteiger partial charge on any atom is -0.350 e. The lowest BCUT2D eigenvalue weighted by molar-refractivity contribution is -0.141. The Labute approximate surface area is 219 Å². The van der Waals surface area contributed by atoms with E-state index in [1.165, 1.54) is 0 Å². The van der Waals surface area contributed by atoms with Gasteiger partial charge in [-0.3, -0.25) is 14.4 Å². The van der Waals surface area contributed by atoms with Crippen molar-refractivity contribution in [1.82, 2.24) is 10.2 Å². The molecule has 0 aromatic heterocycles. The molecule has 0 radical (unpaired) electrons. The topological polar surface area (TPSA) is 69.7 Å². The van der Waals surface area contributed by atoms with Gasteiger partial charge in [0.2, 0.25) is 11.8 Å². The highest BCUT2D eigenvalue weighted by Crippen LogP contribution is 2.37. The minimum atomic E-state index is -0.540. The molecule has 0 aliphatic carbocycles.